The molecule has 84 valence electrons. The Bertz CT molecular complexity index is 412. The number of carbonyl (C=O) groups excluding carboxylic acids is 1. The topological polar surface area (TPSA) is 103 Å². The molecule has 7 heteroatoms. The molecule has 0 unspecified atom stereocenters. The minimum atomic E-state index is -0.584. The number of nitrogens with two attached hydrogens (primary N) is 1. The van der Waals surface area contributed by atoms with Crippen LogP contribution in [0.5, 0.6) is 0 Å². The van der Waals surface area contributed by atoms with Crippen molar-refractivity contribution < 1.29 is 9.53 Å². The fraction of sp³-hybridized carbons (Fsp3) is 0.625. The number of nitrogens with zero attached hydrogens (tertiary/aromatic N) is 2. The van der Waals surface area contributed by atoms with E-state index in [4.69, 9.17) is 10.5 Å². The second-order valence-electron chi connectivity index (χ2n) is 4.06. The average molecular weight is 214 g/mol. The molecule has 3 N–H and O–H groups in total. The minimum Gasteiger partial charge on any atom is -0.459 e. The largest absolute Gasteiger partial charge is 0.459 e. The van der Waals surface area contributed by atoms with Gasteiger partial charge in [0.25, 0.3) is 0 Å². The molecular formula is C8H14N4O3. The quantitative estimate of drug-likeness (QED) is 0.646. The lowest BCUT2D eigenvalue weighted by molar-refractivity contribution is -0.155. The van der Waals surface area contributed by atoms with Crippen LogP contribution in [0.3, 0.4) is 0 Å². The van der Waals surface area contributed by atoms with Crippen LogP contribution in [0.2, 0.25) is 0 Å². The van der Waals surface area contributed by atoms with Gasteiger partial charge < -0.3 is 10.5 Å². The Balaban J connectivity index is 2.72. The van der Waals surface area contributed by atoms with Crippen LogP contribution in [-0.2, 0) is 16.1 Å². The number of carbonyl (C=O) groups is 1. The van der Waals surface area contributed by atoms with E-state index < -0.39 is 17.3 Å². The third-order valence-electron chi connectivity index (χ3n) is 1.50. The van der Waals surface area contributed by atoms with Crippen LogP contribution >= 0.6 is 0 Å². The minimum absolute atomic E-state index is 0.0362. The van der Waals surface area contributed by atoms with Gasteiger partial charge in [-0.3, -0.25) is 9.36 Å². The van der Waals surface area contributed by atoms with Crippen molar-refractivity contribution in [3.05, 3.63) is 10.5 Å². The summed E-state index contributed by atoms with van der Waals surface area (Å²) >= 11 is 0. The molecule has 0 amide bonds. The first-order valence-electron chi connectivity index (χ1n) is 4.42. The van der Waals surface area contributed by atoms with E-state index in [-0.39, 0.29) is 12.5 Å². The van der Waals surface area contributed by atoms with Gasteiger partial charge in [-0.1, -0.05) is 0 Å². The van der Waals surface area contributed by atoms with Gasteiger partial charge in [-0.15, -0.1) is 5.10 Å². The highest BCUT2D eigenvalue weighted by Crippen LogP contribution is 2.07. The molecule has 0 aliphatic heterocycles. The van der Waals surface area contributed by atoms with Gasteiger partial charge >= 0.3 is 11.7 Å². The Labute approximate surface area is 86.2 Å². The standard InChI is InChI=1S/C8H14N4O3/c1-8(2,3)15-5(13)4-12-6(9)10-11-7(12)14/h4H2,1-3H3,(H2,9,10)(H,11,14). The summed E-state index contributed by atoms with van der Waals surface area (Å²) in [5.41, 5.74) is 4.25. The van der Waals surface area contributed by atoms with Crippen LogP contribution in [0.4, 0.5) is 5.95 Å². The molecule has 1 rings (SSSR count). The fourth-order valence-corrected chi connectivity index (χ4v) is 0.986. The number of rotatable bonds is 2. The van der Waals surface area contributed by atoms with Gasteiger partial charge in [-0.25, -0.2) is 9.89 Å². The molecule has 15 heavy (non-hydrogen) atoms. The summed E-state index contributed by atoms with van der Waals surface area (Å²) in [5.74, 6) is -0.566. The number of hydrogen-bond acceptors (Lipinski definition) is 5. The second-order valence-corrected chi connectivity index (χ2v) is 4.06. The molecule has 0 fully saturated rings. The highest BCUT2D eigenvalue weighted by molar-refractivity contribution is 5.70. The molecule has 0 aliphatic carbocycles. The smallest absolute Gasteiger partial charge is 0.345 e. The number of aromatic nitrogens is 3. The predicted molar refractivity (Wildman–Crippen MR) is 53.1 cm³/mol. The summed E-state index contributed by atoms with van der Waals surface area (Å²) in [5, 5.41) is 5.59. The summed E-state index contributed by atoms with van der Waals surface area (Å²) in [6.07, 6.45) is 0. The van der Waals surface area contributed by atoms with Crippen molar-refractivity contribution in [1.29, 1.82) is 0 Å². The zero-order valence-corrected chi connectivity index (χ0v) is 8.90. The Morgan fingerprint density at radius 3 is 2.60 bits per heavy atom. The summed E-state index contributed by atoms with van der Waals surface area (Å²) in [6.45, 7) is 4.99. The Kier molecular flexibility index (Phi) is 2.83. The van der Waals surface area contributed by atoms with E-state index in [0.29, 0.717) is 0 Å². The maximum absolute atomic E-state index is 11.4. The Morgan fingerprint density at radius 1 is 1.60 bits per heavy atom. The van der Waals surface area contributed by atoms with Gasteiger partial charge in [-0.05, 0) is 20.8 Å². The highest BCUT2D eigenvalue weighted by Gasteiger charge is 2.18. The van der Waals surface area contributed by atoms with Crippen molar-refractivity contribution in [3.8, 4) is 0 Å². The summed E-state index contributed by atoms with van der Waals surface area (Å²) in [7, 11) is 0. The molecule has 0 aliphatic rings. The molecule has 0 saturated heterocycles. The van der Waals surface area contributed by atoms with Crippen molar-refractivity contribution in [1.82, 2.24) is 14.8 Å². The SMILES string of the molecule is CC(C)(C)OC(=O)Cn1c(N)n[nH]c1=O. The maximum Gasteiger partial charge on any atom is 0.345 e. The zero-order chi connectivity index (χ0) is 11.6. The van der Waals surface area contributed by atoms with Gasteiger partial charge in [0.15, 0.2) is 0 Å². The van der Waals surface area contributed by atoms with Crippen molar-refractivity contribution in [2.75, 3.05) is 5.73 Å². The lowest BCUT2D eigenvalue weighted by atomic mass is 10.2. The van der Waals surface area contributed by atoms with E-state index in [0.717, 1.165) is 4.57 Å². The van der Waals surface area contributed by atoms with Crippen molar-refractivity contribution >= 4 is 11.9 Å². The third kappa shape index (κ3) is 3.12. The van der Waals surface area contributed by atoms with E-state index in [1.807, 2.05) is 0 Å². The molecule has 0 bridgehead atoms. The molecule has 0 radical (unpaired) electrons. The molecule has 1 heterocycles. The molecule has 0 saturated carbocycles. The average Bonchev–Trinajstić information content (AvgIpc) is 2.32. The number of nitrogen functional groups attached to an aromatic ring is 1. The predicted octanol–water partition coefficient (Wildman–Crippen LogP) is -0.505. The molecule has 1 aromatic heterocycles. The molecule has 7 nitrogen and oxygen atoms in total. The molecule has 0 spiro atoms. The number of nitrogens with one attached hydrogen (secondary N) is 1. The van der Waals surface area contributed by atoms with E-state index in [1.165, 1.54) is 0 Å². The summed E-state index contributed by atoms with van der Waals surface area (Å²) in [6, 6.07) is 0. The van der Waals surface area contributed by atoms with E-state index in [1.54, 1.807) is 20.8 Å². The van der Waals surface area contributed by atoms with Crippen molar-refractivity contribution in [2.45, 2.75) is 32.9 Å². The molecule has 1 aromatic rings. The van der Waals surface area contributed by atoms with Crippen LogP contribution in [0, 0.1) is 0 Å². The van der Waals surface area contributed by atoms with E-state index in [2.05, 4.69) is 10.2 Å². The Morgan fingerprint density at radius 2 is 2.20 bits per heavy atom. The normalized spacial score (nSPS) is 11.4. The second kappa shape index (κ2) is 3.76. The van der Waals surface area contributed by atoms with Crippen LogP contribution < -0.4 is 11.4 Å². The molecular weight excluding hydrogens is 200 g/mol. The number of aromatic amines is 1. The number of anilines is 1. The van der Waals surface area contributed by atoms with Crippen LogP contribution in [0.25, 0.3) is 0 Å². The van der Waals surface area contributed by atoms with Crippen LogP contribution in [-0.4, -0.2) is 26.3 Å². The van der Waals surface area contributed by atoms with Crippen LogP contribution in [0.1, 0.15) is 20.8 Å². The fourth-order valence-electron chi connectivity index (χ4n) is 0.986. The van der Waals surface area contributed by atoms with Crippen LogP contribution in [0.15, 0.2) is 4.79 Å². The van der Waals surface area contributed by atoms with Gasteiger partial charge in [0.1, 0.15) is 12.1 Å². The van der Waals surface area contributed by atoms with Crippen molar-refractivity contribution in [2.24, 2.45) is 0 Å². The lowest BCUT2D eigenvalue weighted by Gasteiger charge is -2.19. The number of ether oxygens (including phenoxy) is 1. The third-order valence-corrected chi connectivity index (χ3v) is 1.50. The molecule has 0 atom stereocenters. The molecule has 0 aromatic carbocycles. The summed E-state index contributed by atoms with van der Waals surface area (Å²) < 4.78 is 6.03. The van der Waals surface area contributed by atoms with Gasteiger partial charge in [0.2, 0.25) is 5.95 Å². The highest BCUT2D eigenvalue weighted by atomic mass is 16.6. The summed E-state index contributed by atoms with van der Waals surface area (Å²) in [4.78, 5) is 22.4. The monoisotopic (exact) mass is 214 g/mol. The van der Waals surface area contributed by atoms with E-state index in [9.17, 15) is 9.59 Å². The Hall–Kier alpha value is -1.79. The first-order valence-corrected chi connectivity index (χ1v) is 4.42. The zero-order valence-electron chi connectivity index (χ0n) is 8.90. The first-order chi connectivity index (χ1) is 6.79. The number of esters is 1. The van der Waals surface area contributed by atoms with E-state index >= 15 is 0 Å². The number of hydrogen-bond donors (Lipinski definition) is 2. The van der Waals surface area contributed by atoms with Gasteiger partial charge in [-0.2, -0.15) is 0 Å². The lowest BCUT2D eigenvalue weighted by Crippen LogP contribution is -2.30. The van der Waals surface area contributed by atoms with Gasteiger partial charge in [0.05, 0.1) is 0 Å². The number of H-pyrrole nitrogens is 1. The van der Waals surface area contributed by atoms with Crippen molar-refractivity contribution in [3.63, 3.8) is 0 Å². The van der Waals surface area contributed by atoms with Gasteiger partial charge in [0, 0.05) is 0 Å². The maximum atomic E-state index is 11.4. The first kappa shape index (κ1) is 11.3.